The van der Waals surface area contributed by atoms with Gasteiger partial charge in [-0.2, -0.15) is 0 Å². The standard InChI is InChI=1S/C11H22N2/c1-4-5-13-10(9(3)12)7-11(13)6-8(11)2/h8-10H,4-7,12H2,1-3H3. The predicted molar refractivity (Wildman–Crippen MR) is 55.6 cm³/mol. The van der Waals surface area contributed by atoms with Crippen molar-refractivity contribution in [3.8, 4) is 0 Å². The fraction of sp³-hybridized carbons (Fsp3) is 1.00. The molecule has 0 radical (unpaired) electrons. The van der Waals surface area contributed by atoms with Crippen molar-refractivity contribution < 1.29 is 0 Å². The Morgan fingerprint density at radius 1 is 1.54 bits per heavy atom. The molecule has 2 nitrogen and oxygen atoms in total. The van der Waals surface area contributed by atoms with Gasteiger partial charge in [0.05, 0.1) is 0 Å². The molecule has 1 aliphatic carbocycles. The predicted octanol–water partition coefficient (Wildman–Crippen LogP) is 1.60. The molecular formula is C11H22N2. The van der Waals surface area contributed by atoms with E-state index in [1.54, 1.807) is 0 Å². The molecule has 1 aliphatic heterocycles. The lowest BCUT2D eigenvalue weighted by molar-refractivity contribution is -0.0240. The van der Waals surface area contributed by atoms with Gasteiger partial charge in [0.1, 0.15) is 0 Å². The maximum atomic E-state index is 5.97. The topological polar surface area (TPSA) is 29.3 Å². The summed E-state index contributed by atoms with van der Waals surface area (Å²) in [6, 6.07) is 1.02. The van der Waals surface area contributed by atoms with E-state index >= 15 is 0 Å². The summed E-state index contributed by atoms with van der Waals surface area (Å²) in [4.78, 5) is 2.67. The monoisotopic (exact) mass is 182 g/mol. The molecular weight excluding hydrogens is 160 g/mol. The van der Waals surface area contributed by atoms with E-state index in [1.807, 2.05) is 0 Å². The zero-order valence-corrected chi connectivity index (χ0v) is 9.09. The molecule has 0 aromatic carbocycles. The highest BCUT2D eigenvalue weighted by molar-refractivity contribution is 5.20. The number of nitrogens with two attached hydrogens (primary N) is 1. The van der Waals surface area contributed by atoms with Crippen molar-refractivity contribution in [2.75, 3.05) is 6.54 Å². The van der Waals surface area contributed by atoms with Crippen LogP contribution in [0.15, 0.2) is 0 Å². The van der Waals surface area contributed by atoms with Gasteiger partial charge >= 0.3 is 0 Å². The Bertz CT molecular complexity index is 202. The average Bonchev–Trinajstić information content (AvgIpc) is 2.71. The van der Waals surface area contributed by atoms with Crippen molar-refractivity contribution in [3.63, 3.8) is 0 Å². The highest BCUT2D eigenvalue weighted by Crippen LogP contribution is 2.59. The van der Waals surface area contributed by atoms with Crippen molar-refractivity contribution in [2.45, 2.75) is 57.7 Å². The van der Waals surface area contributed by atoms with Crippen LogP contribution < -0.4 is 5.73 Å². The summed E-state index contributed by atoms with van der Waals surface area (Å²) in [7, 11) is 0. The van der Waals surface area contributed by atoms with Gasteiger partial charge in [0, 0.05) is 17.6 Å². The van der Waals surface area contributed by atoms with Crippen molar-refractivity contribution >= 4 is 0 Å². The molecule has 2 rings (SSSR count). The molecule has 2 N–H and O–H groups in total. The van der Waals surface area contributed by atoms with Crippen LogP contribution in [0.1, 0.15) is 40.0 Å². The largest absolute Gasteiger partial charge is 0.327 e. The van der Waals surface area contributed by atoms with Crippen molar-refractivity contribution in [2.24, 2.45) is 11.7 Å². The first-order valence-electron chi connectivity index (χ1n) is 5.64. The Kier molecular flexibility index (Phi) is 2.16. The summed E-state index contributed by atoms with van der Waals surface area (Å²) < 4.78 is 0. The quantitative estimate of drug-likeness (QED) is 0.718. The number of rotatable bonds is 3. The summed E-state index contributed by atoms with van der Waals surface area (Å²) in [5.74, 6) is 0.925. The molecule has 1 saturated carbocycles. The van der Waals surface area contributed by atoms with Crippen LogP contribution in [0.2, 0.25) is 0 Å². The second-order valence-corrected chi connectivity index (χ2v) is 5.03. The number of hydrogen-bond donors (Lipinski definition) is 1. The Morgan fingerprint density at radius 2 is 2.15 bits per heavy atom. The second kappa shape index (κ2) is 2.96. The fourth-order valence-electron chi connectivity index (χ4n) is 3.06. The van der Waals surface area contributed by atoms with E-state index in [0.29, 0.717) is 17.6 Å². The molecule has 76 valence electrons. The normalized spacial score (nSPS) is 46.2. The van der Waals surface area contributed by atoms with Crippen LogP contribution in [-0.2, 0) is 0 Å². The summed E-state index contributed by atoms with van der Waals surface area (Å²) in [5, 5.41) is 0. The van der Waals surface area contributed by atoms with E-state index < -0.39 is 0 Å². The zero-order valence-electron chi connectivity index (χ0n) is 9.09. The van der Waals surface area contributed by atoms with Gasteiger partial charge in [-0.1, -0.05) is 13.8 Å². The van der Waals surface area contributed by atoms with Crippen LogP contribution in [0.4, 0.5) is 0 Å². The van der Waals surface area contributed by atoms with Gasteiger partial charge in [0.15, 0.2) is 0 Å². The Labute approximate surface area is 81.5 Å². The fourth-order valence-corrected chi connectivity index (χ4v) is 3.06. The van der Waals surface area contributed by atoms with Gasteiger partial charge in [-0.25, -0.2) is 0 Å². The van der Waals surface area contributed by atoms with E-state index in [2.05, 4.69) is 25.7 Å². The minimum atomic E-state index is 0.352. The van der Waals surface area contributed by atoms with Crippen LogP contribution in [-0.4, -0.2) is 29.1 Å². The van der Waals surface area contributed by atoms with Crippen molar-refractivity contribution in [1.82, 2.24) is 4.90 Å². The number of nitrogens with zero attached hydrogens (tertiary/aromatic N) is 1. The Morgan fingerprint density at radius 3 is 2.54 bits per heavy atom. The Hall–Kier alpha value is -0.0800. The molecule has 0 aromatic rings. The van der Waals surface area contributed by atoms with E-state index in [0.717, 1.165) is 5.92 Å². The molecule has 2 aliphatic rings. The van der Waals surface area contributed by atoms with Crippen molar-refractivity contribution in [1.29, 1.82) is 0 Å². The lowest BCUT2D eigenvalue weighted by Gasteiger charge is -2.52. The minimum absolute atomic E-state index is 0.352. The van der Waals surface area contributed by atoms with Gasteiger partial charge in [-0.05, 0) is 38.6 Å². The van der Waals surface area contributed by atoms with Crippen LogP contribution in [0.25, 0.3) is 0 Å². The smallest absolute Gasteiger partial charge is 0.0267 e. The molecule has 13 heavy (non-hydrogen) atoms. The molecule has 2 fully saturated rings. The summed E-state index contributed by atoms with van der Waals surface area (Å²) in [6.07, 6.45) is 4.03. The highest BCUT2D eigenvalue weighted by atomic mass is 15.3. The molecule has 0 amide bonds. The third-order valence-corrected chi connectivity index (χ3v) is 4.02. The molecule has 0 bridgehead atoms. The molecule has 2 heteroatoms. The Balaban J connectivity index is 1.98. The van der Waals surface area contributed by atoms with Gasteiger partial charge < -0.3 is 5.73 Å². The molecule has 0 aromatic heterocycles. The number of likely N-dealkylation sites (tertiary alicyclic amines) is 1. The van der Waals surface area contributed by atoms with Gasteiger partial charge in [0.2, 0.25) is 0 Å². The molecule has 1 spiro atoms. The van der Waals surface area contributed by atoms with E-state index in [4.69, 9.17) is 5.73 Å². The number of hydrogen-bond acceptors (Lipinski definition) is 2. The SMILES string of the molecule is CCCN1C(C(C)N)CC12CC2C. The third-order valence-electron chi connectivity index (χ3n) is 4.02. The van der Waals surface area contributed by atoms with Crippen LogP contribution in [0.3, 0.4) is 0 Å². The molecule has 4 unspecified atom stereocenters. The first-order chi connectivity index (χ1) is 6.12. The average molecular weight is 182 g/mol. The molecule has 1 saturated heterocycles. The maximum absolute atomic E-state index is 5.97. The molecule has 1 heterocycles. The van der Waals surface area contributed by atoms with E-state index in [9.17, 15) is 0 Å². The minimum Gasteiger partial charge on any atom is -0.327 e. The first-order valence-corrected chi connectivity index (χ1v) is 5.64. The molecule has 4 atom stereocenters. The highest BCUT2D eigenvalue weighted by Gasteiger charge is 2.64. The van der Waals surface area contributed by atoms with Crippen molar-refractivity contribution in [3.05, 3.63) is 0 Å². The van der Waals surface area contributed by atoms with E-state index in [-0.39, 0.29) is 0 Å². The first kappa shape index (κ1) is 9.47. The van der Waals surface area contributed by atoms with Gasteiger partial charge in [-0.3, -0.25) is 4.90 Å². The lowest BCUT2D eigenvalue weighted by Crippen LogP contribution is -2.64. The second-order valence-electron chi connectivity index (χ2n) is 5.03. The zero-order chi connectivity index (χ0) is 9.64. The third kappa shape index (κ3) is 1.23. The summed E-state index contributed by atoms with van der Waals surface area (Å²) >= 11 is 0. The van der Waals surface area contributed by atoms with Gasteiger partial charge in [-0.15, -0.1) is 0 Å². The lowest BCUT2D eigenvalue weighted by atomic mass is 9.84. The maximum Gasteiger partial charge on any atom is 0.0267 e. The van der Waals surface area contributed by atoms with Crippen LogP contribution in [0.5, 0.6) is 0 Å². The summed E-state index contributed by atoms with van der Waals surface area (Å²) in [5.41, 5.74) is 6.58. The van der Waals surface area contributed by atoms with Gasteiger partial charge in [0.25, 0.3) is 0 Å². The summed E-state index contributed by atoms with van der Waals surface area (Å²) in [6.45, 7) is 8.03. The van der Waals surface area contributed by atoms with Crippen LogP contribution in [0, 0.1) is 5.92 Å². The van der Waals surface area contributed by atoms with E-state index in [1.165, 1.54) is 25.8 Å². The van der Waals surface area contributed by atoms with Crippen LogP contribution >= 0.6 is 0 Å².